The Morgan fingerprint density at radius 2 is 2.08 bits per heavy atom. The van der Waals surface area contributed by atoms with Gasteiger partial charge in [0, 0.05) is 26.3 Å². The fourth-order valence-electron chi connectivity index (χ4n) is 3.09. The lowest BCUT2D eigenvalue weighted by molar-refractivity contribution is 0.102. The zero-order chi connectivity index (χ0) is 17.4. The van der Waals surface area contributed by atoms with Crippen LogP contribution in [0.2, 0.25) is 0 Å². The fraction of sp³-hybridized carbons (Fsp3) is 0.294. The largest absolute Gasteiger partial charge is 0.370 e. The van der Waals surface area contributed by atoms with Gasteiger partial charge in [0.1, 0.15) is 17.0 Å². The van der Waals surface area contributed by atoms with Crippen LogP contribution in [0.1, 0.15) is 23.2 Å². The predicted molar refractivity (Wildman–Crippen MR) is 92.1 cm³/mol. The zero-order valence-electron chi connectivity index (χ0n) is 13.7. The van der Waals surface area contributed by atoms with Gasteiger partial charge in [-0.25, -0.2) is 14.1 Å². The lowest BCUT2D eigenvalue weighted by atomic mass is 10.2. The van der Waals surface area contributed by atoms with Crippen LogP contribution in [0.3, 0.4) is 0 Å². The normalized spacial score (nSPS) is 14.2. The van der Waals surface area contributed by atoms with Crippen molar-refractivity contribution in [1.82, 2.24) is 20.0 Å². The first-order chi connectivity index (χ1) is 12.1. The summed E-state index contributed by atoms with van der Waals surface area (Å²) in [7, 11) is 1.73. The number of rotatable bonds is 3. The van der Waals surface area contributed by atoms with E-state index in [1.54, 1.807) is 19.2 Å². The lowest BCUT2D eigenvalue weighted by Gasteiger charge is -2.22. The topological polar surface area (TPSA) is 75.9 Å². The average Bonchev–Trinajstić information content (AvgIpc) is 3.27. The lowest BCUT2D eigenvalue weighted by Crippen LogP contribution is -2.22. The molecule has 2 aromatic heterocycles. The molecule has 0 bridgehead atoms. The van der Waals surface area contributed by atoms with Gasteiger partial charge in [0.05, 0.1) is 11.3 Å². The molecule has 0 unspecified atom stereocenters. The molecule has 0 aliphatic carbocycles. The second-order valence-electron chi connectivity index (χ2n) is 6.06. The van der Waals surface area contributed by atoms with Crippen molar-refractivity contribution in [1.29, 1.82) is 0 Å². The standard InChI is InChI=1S/C17H17FN6O/c1-23-16-13(21-22-23)9-11(10-19-16)17(25)20-15-12(18)5-4-6-14(15)24-7-2-3-8-24/h4-6,9-10H,2-3,7-8H2,1H3,(H,20,25). The van der Waals surface area contributed by atoms with Crippen molar-refractivity contribution in [2.24, 2.45) is 7.05 Å². The Kier molecular flexibility index (Phi) is 3.79. The number of anilines is 2. The summed E-state index contributed by atoms with van der Waals surface area (Å²) in [5.74, 6) is -0.878. The van der Waals surface area contributed by atoms with Crippen LogP contribution in [0.4, 0.5) is 15.8 Å². The summed E-state index contributed by atoms with van der Waals surface area (Å²) < 4.78 is 15.9. The number of para-hydroxylation sites is 1. The molecule has 0 spiro atoms. The van der Waals surface area contributed by atoms with Crippen LogP contribution in [0.15, 0.2) is 30.5 Å². The number of nitrogens with zero attached hydrogens (tertiary/aromatic N) is 5. The molecule has 3 aromatic rings. The third kappa shape index (κ3) is 2.79. The number of carbonyl (C=O) groups is 1. The molecule has 25 heavy (non-hydrogen) atoms. The second-order valence-corrected chi connectivity index (χ2v) is 6.06. The molecule has 7 nitrogen and oxygen atoms in total. The van der Waals surface area contributed by atoms with Gasteiger partial charge in [-0.05, 0) is 31.0 Å². The Hall–Kier alpha value is -3.03. The van der Waals surface area contributed by atoms with E-state index in [0.29, 0.717) is 22.4 Å². The Bertz CT molecular complexity index is 947. The van der Waals surface area contributed by atoms with Crippen LogP contribution < -0.4 is 10.2 Å². The molecule has 1 amide bonds. The van der Waals surface area contributed by atoms with Gasteiger partial charge in [0.2, 0.25) is 0 Å². The van der Waals surface area contributed by atoms with Crippen molar-refractivity contribution < 1.29 is 9.18 Å². The fourth-order valence-corrected chi connectivity index (χ4v) is 3.09. The SMILES string of the molecule is Cn1nnc2cc(C(=O)Nc3c(F)cccc3N3CCCC3)cnc21. The van der Waals surface area contributed by atoms with E-state index in [-0.39, 0.29) is 5.69 Å². The number of benzene rings is 1. The monoisotopic (exact) mass is 340 g/mol. The van der Waals surface area contributed by atoms with Crippen molar-refractivity contribution in [2.45, 2.75) is 12.8 Å². The van der Waals surface area contributed by atoms with Crippen molar-refractivity contribution in [3.8, 4) is 0 Å². The van der Waals surface area contributed by atoms with Gasteiger partial charge in [0.15, 0.2) is 5.65 Å². The number of nitrogens with one attached hydrogen (secondary N) is 1. The van der Waals surface area contributed by atoms with Gasteiger partial charge in [0.25, 0.3) is 5.91 Å². The Labute approximate surface area is 143 Å². The summed E-state index contributed by atoms with van der Waals surface area (Å²) in [5, 5.41) is 10.5. The third-order valence-electron chi connectivity index (χ3n) is 4.38. The molecule has 1 fully saturated rings. The number of pyridine rings is 1. The Morgan fingerprint density at radius 1 is 1.28 bits per heavy atom. The number of hydrogen-bond acceptors (Lipinski definition) is 5. The third-order valence-corrected chi connectivity index (χ3v) is 4.38. The van der Waals surface area contributed by atoms with Gasteiger partial charge in [-0.3, -0.25) is 4.79 Å². The maximum absolute atomic E-state index is 14.4. The molecule has 1 N–H and O–H groups in total. The summed E-state index contributed by atoms with van der Waals surface area (Å²) >= 11 is 0. The van der Waals surface area contributed by atoms with Crippen LogP contribution in [0, 0.1) is 5.82 Å². The van der Waals surface area contributed by atoms with E-state index in [0.717, 1.165) is 25.9 Å². The number of hydrogen-bond donors (Lipinski definition) is 1. The van der Waals surface area contributed by atoms with E-state index in [1.807, 2.05) is 6.07 Å². The molecule has 4 rings (SSSR count). The molecule has 128 valence electrons. The number of fused-ring (bicyclic) bond motifs is 1. The first-order valence-electron chi connectivity index (χ1n) is 8.14. The molecular formula is C17H17FN6O. The van der Waals surface area contributed by atoms with E-state index >= 15 is 0 Å². The van der Waals surface area contributed by atoms with Gasteiger partial charge in [-0.1, -0.05) is 11.3 Å². The van der Waals surface area contributed by atoms with Crippen molar-refractivity contribution >= 4 is 28.4 Å². The van der Waals surface area contributed by atoms with Crippen LogP contribution in [0.5, 0.6) is 0 Å². The molecule has 1 aliphatic rings. The number of carbonyl (C=O) groups excluding carboxylic acids is 1. The molecule has 8 heteroatoms. The zero-order valence-corrected chi connectivity index (χ0v) is 13.7. The number of aromatic nitrogens is 4. The highest BCUT2D eigenvalue weighted by Crippen LogP contribution is 2.31. The molecule has 0 radical (unpaired) electrons. The van der Waals surface area contributed by atoms with Crippen LogP contribution in [-0.4, -0.2) is 39.0 Å². The molecule has 0 saturated carbocycles. The number of amides is 1. The molecule has 0 atom stereocenters. The van der Waals surface area contributed by atoms with Crippen LogP contribution in [-0.2, 0) is 7.05 Å². The van der Waals surface area contributed by atoms with Gasteiger partial charge >= 0.3 is 0 Å². The van der Waals surface area contributed by atoms with Crippen LogP contribution >= 0.6 is 0 Å². The highest BCUT2D eigenvalue weighted by Gasteiger charge is 2.20. The van der Waals surface area contributed by atoms with E-state index in [4.69, 9.17) is 0 Å². The number of aryl methyl sites for hydroxylation is 1. The van der Waals surface area contributed by atoms with Gasteiger partial charge in [-0.2, -0.15) is 0 Å². The average molecular weight is 340 g/mol. The second kappa shape index (κ2) is 6.12. The molecule has 1 aliphatic heterocycles. The van der Waals surface area contributed by atoms with E-state index in [1.165, 1.54) is 16.9 Å². The van der Waals surface area contributed by atoms with Crippen LogP contribution in [0.25, 0.3) is 11.2 Å². The molecule has 3 heterocycles. The van der Waals surface area contributed by atoms with Gasteiger partial charge < -0.3 is 10.2 Å². The van der Waals surface area contributed by atoms with E-state index < -0.39 is 11.7 Å². The summed E-state index contributed by atoms with van der Waals surface area (Å²) in [6.07, 6.45) is 3.58. The van der Waals surface area contributed by atoms with Crippen molar-refractivity contribution in [3.63, 3.8) is 0 Å². The quantitative estimate of drug-likeness (QED) is 0.792. The highest BCUT2D eigenvalue weighted by molar-refractivity contribution is 6.07. The first kappa shape index (κ1) is 15.5. The maximum atomic E-state index is 14.4. The van der Waals surface area contributed by atoms with E-state index in [9.17, 15) is 9.18 Å². The van der Waals surface area contributed by atoms with E-state index in [2.05, 4.69) is 25.5 Å². The summed E-state index contributed by atoms with van der Waals surface area (Å²) in [5.41, 5.74) is 2.32. The maximum Gasteiger partial charge on any atom is 0.257 e. The molecule has 1 saturated heterocycles. The summed E-state index contributed by atoms with van der Waals surface area (Å²) in [6.45, 7) is 1.72. The summed E-state index contributed by atoms with van der Waals surface area (Å²) in [4.78, 5) is 18.9. The minimum absolute atomic E-state index is 0.202. The Balaban J connectivity index is 1.65. The van der Waals surface area contributed by atoms with Crippen molar-refractivity contribution in [2.75, 3.05) is 23.3 Å². The molecule has 1 aromatic carbocycles. The highest BCUT2D eigenvalue weighted by atomic mass is 19.1. The minimum Gasteiger partial charge on any atom is -0.370 e. The predicted octanol–water partition coefficient (Wildman–Crippen LogP) is 2.35. The Morgan fingerprint density at radius 3 is 2.88 bits per heavy atom. The smallest absolute Gasteiger partial charge is 0.257 e. The van der Waals surface area contributed by atoms with Gasteiger partial charge in [-0.15, -0.1) is 5.10 Å². The summed E-state index contributed by atoms with van der Waals surface area (Å²) in [6, 6.07) is 6.43. The van der Waals surface area contributed by atoms with Crippen molar-refractivity contribution in [3.05, 3.63) is 41.8 Å². The number of halogens is 1. The minimum atomic E-state index is -0.453. The molecular weight excluding hydrogens is 323 g/mol. The first-order valence-corrected chi connectivity index (χ1v) is 8.14.